The number of carbonyl (C=O) groups excluding carboxylic acids is 1. The van der Waals surface area contributed by atoms with E-state index in [0.29, 0.717) is 28.7 Å². The molecule has 0 radical (unpaired) electrons. The Hall–Kier alpha value is -3.28. The number of hydrogen-bond acceptors (Lipinski definition) is 4. The zero-order valence-corrected chi connectivity index (χ0v) is 17.7. The van der Waals surface area contributed by atoms with Gasteiger partial charge in [-0.25, -0.2) is 4.68 Å². The van der Waals surface area contributed by atoms with Gasteiger partial charge in [0.15, 0.2) is 11.5 Å². The van der Waals surface area contributed by atoms with Crippen LogP contribution in [0.3, 0.4) is 0 Å². The molecule has 0 spiro atoms. The van der Waals surface area contributed by atoms with Gasteiger partial charge in [-0.05, 0) is 49.1 Å². The molecular formula is C24H27N3O3. The predicted octanol–water partition coefficient (Wildman–Crippen LogP) is 4.43. The van der Waals surface area contributed by atoms with Crippen LogP contribution in [-0.2, 0) is 0 Å². The highest BCUT2D eigenvalue weighted by atomic mass is 16.5. The lowest BCUT2D eigenvalue weighted by molar-refractivity contribution is 0.0684. The normalized spacial score (nSPS) is 16.4. The van der Waals surface area contributed by atoms with Crippen LogP contribution < -0.4 is 9.47 Å². The van der Waals surface area contributed by atoms with Crippen molar-refractivity contribution in [3.05, 3.63) is 60.3 Å². The van der Waals surface area contributed by atoms with Gasteiger partial charge in [-0.2, -0.15) is 5.10 Å². The fraction of sp³-hybridized carbons (Fsp3) is 0.333. The van der Waals surface area contributed by atoms with Crippen molar-refractivity contribution in [2.45, 2.75) is 19.8 Å². The van der Waals surface area contributed by atoms with Crippen LogP contribution >= 0.6 is 0 Å². The van der Waals surface area contributed by atoms with Gasteiger partial charge in [0.25, 0.3) is 5.91 Å². The molecule has 6 heteroatoms. The maximum absolute atomic E-state index is 13.5. The molecule has 0 unspecified atom stereocenters. The van der Waals surface area contributed by atoms with E-state index in [4.69, 9.17) is 14.6 Å². The zero-order chi connectivity index (χ0) is 21.1. The topological polar surface area (TPSA) is 56.6 Å². The second kappa shape index (κ2) is 8.61. The number of carbonyl (C=O) groups is 1. The number of rotatable bonds is 5. The Bertz CT molecular complexity index is 1030. The Balaban J connectivity index is 1.80. The van der Waals surface area contributed by atoms with Gasteiger partial charge in [-0.1, -0.05) is 25.1 Å². The third-order valence-corrected chi connectivity index (χ3v) is 5.57. The summed E-state index contributed by atoms with van der Waals surface area (Å²) >= 11 is 0. The molecule has 1 fully saturated rings. The number of amides is 1. The number of benzene rings is 2. The van der Waals surface area contributed by atoms with Crippen LogP contribution in [0.4, 0.5) is 0 Å². The molecule has 3 aromatic rings. The highest BCUT2D eigenvalue weighted by Gasteiger charge is 2.27. The van der Waals surface area contributed by atoms with Crippen molar-refractivity contribution in [1.82, 2.24) is 14.7 Å². The Morgan fingerprint density at radius 1 is 1.07 bits per heavy atom. The minimum atomic E-state index is 0.0218. The van der Waals surface area contributed by atoms with Gasteiger partial charge in [0.2, 0.25) is 0 Å². The molecule has 1 saturated heterocycles. The average molecular weight is 405 g/mol. The van der Waals surface area contributed by atoms with Crippen LogP contribution in [0.2, 0.25) is 0 Å². The number of piperidine rings is 1. The van der Waals surface area contributed by atoms with E-state index >= 15 is 0 Å². The van der Waals surface area contributed by atoms with E-state index in [2.05, 4.69) is 6.92 Å². The van der Waals surface area contributed by atoms with E-state index in [-0.39, 0.29) is 5.91 Å². The van der Waals surface area contributed by atoms with E-state index in [1.807, 2.05) is 59.6 Å². The van der Waals surface area contributed by atoms with E-state index in [0.717, 1.165) is 37.2 Å². The Morgan fingerprint density at radius 2 is 1.83 bits per heavy atom. The summed E-state index contributed by atoms with van der Waals surface area (Å²) in [5.41, 5.74) is 2.96. The summed E-state index contributed by atoms with van der Waals surface area (Å²) in [6, 6.07) is 15.4. The minimum Gasteiger partial charge on any atom is -0.493 e. The molecule has 0 N–H and O–H groups in total. The molecule has 30 heavy (non-hydrogen) atoms. The van der Waals surface area contributed by atoms with Gasteiger partial charge < -0.3 is 14.4 Å². The van der Waals surface area contributed by atoms with Crippen LogP contribution in [0.5, 0.6) is 11.5 Å². The zero-order valence-electron chi connectivity index (χ0n) is 17.7. The van der Waals surface area contributed by atoms with Gasteiger partial charge in [0, 0.05) is 24.8 Å². The highest BCUT2D eigenvalue weighted by molar-refractivity contribution is 6.00. The SMILES string of the molecule is COc1ccc(-c2nn(-c3ccccc3)cc2C(=O)N2CCC[C@@H](C)C2)cc1OC. The van der Waals surface area contributed by atoms with Crippen molar-refractivity contribution in [3.63, 3.8) is 0 Å². The molecule has 0 saturated carbocycles. The van der Waals surface area contributed by atoms with E-state index in [9.17, 15) is 4.79 Å². The second-order valence-corrected chi connectivity index (χ2v) is 7.74. The fourth-order valence-electron chi connectivity index (χ4n) is 3.98. The maximum Gasteiger partial charge on any atom is 0.257 e. The third kappa shape index (κ3) is 3.90. The number of hydrogen-bond donors (Lipinski definition) is 0. The molecule has 6 nitrogen and oxygen atoms in total. The van der Waals surface area contributed by atoms with E-state index in [1.165, 1.54) is 0 Å². The number of methoxy groups -OCH3 is 2. The summed E-state index contributed by atoms with van der Waals surface area (Å²) < 4.78 is 12.6. The molecule has 1 amide bonds. The van der Waals surface area contributed by atoms with Gasteiger partial charge in [0.1, 0.15) is 5.69 Å². The number of aromatic nitrogens is 2. The van der Waals surface area contributed by atoms with Crippen molar-refractivity contribution < 1.29 is 14.3 Å². The lowest BCUT2D eigenvalue weighted by Gasteiger charge is -2.30. The molecule has 2 heterocycles. The van der Waals surface area contributed by atoms with E-state index in [1.54, 1.807) is 18.9 Å². The number of ether oxygens (including phenoxy) is 2. The van der Waals surface area contributed by atoms with Crippen molar-refractivity contribution in [2.24, 2.45) is 5.92 Å². The molecule has 1 aromatic heterocycles. The van der Waals surface area contributed by atoms with Crippen LogP contribution in [0.15, 0.2) is 54.7 Å². The largest absolute Gasteiger partial charge is 0.493 e. The first-order valence-electron chi connectivity index (χ1n) is 10.3. The summed E-state index contributed by atoms with van der Waals surface area (Å²) in [6.45, 7) is 3.76. The second-order valence-electron chi connectivity index (χ2n) is 7.74. The molecule has 156 valence electrons. The highest BCUT2D eigenvalue weighted by Crippen LogP contribution is 2.34. The molecule has 0 aliphatic carbocycles. The van der Waals surface area contributed by atoms with Gasteiger partial charge in [-0.3, -0.25) is 4.79 Å². The summed E-state index contributed by atoms with van der Waals surface area (Å²) in [7, 11) is 3.21. The van der Waals surface area contributed by atoms with Crippen LogP contribution in [0.1, 0.15) is 30.1 Å². The summed E-state index contributed by atoms with van der Waals surface area (Å²) in [6.07, 6.45) is 4.03. The third-order valence-electron chi connectivity index (χ3n) is 5.57. The molecule has 2 aromatic carbocycles. The summed E-state index contributed by atoms with van der Waals surface area (Å²) in [5.74, 6) is 1.78. The number of likely N-dealkylation sites (tertiary alicyclic amines) is 1. The molecular weight excluding hydrogens is 378 g/mol. The Labute approximate surface area is 177 Å². The Morgan fingerprint density at radius 3 is 2.53 bits per heavy atom. The quantitative estimate of drug-likeness (QED) is 0.630. The lowest BCUT2D eigenvalue weighted by atomic mass is 9.99. The van der Waals surface area contributed by atoms with Crippen molar-refractivity contribution in [2.75, 3.05) is 27.3 Å². The standard InChI is InChI=1S/C24H27N3O3/c1-17-8-7-13-26(15-17)24(28)20-16-27(19-9-5-4-6-10-19)25-23(20)18-11-12-21(29-2)22(14-18)30-3/h4-6,9-12,14,16-17H,7-8,13,15H2,1-3H3/t17-/m1/s1. The minimum absolute atomic E-state index is 0.0218. The monoisotopic (exact) mass is 405 g/mol. The van der Waals surface area contributed by atoms with Gasteiger partial charge in [-0.15, -0.1) is 0 Å². The van der Waals surface area contributed by atoms with Crippen molar-refractivity contribution >= 4 is 5.91 Å². The smallest absolute Gasteiger partial charge is 0.257 e. The predicted molar refractivity (Wildman–Crippen MR) is 116 cm³/mol. The van der Waals surface area contributed by atoms with Crippen LogP contribution in [0, 0.1) is 5.92 Å². The summed E-state index contributed by atoms with van der Waals surface area (Å²) in [4.78, 5) is 15.4. The van der Waals surface area contributed by atoms with Crippen LogP contribution in [0.25, 0.3) is 16.9 Å². The molecule has 1 aliphatic rings. The van der Waals surface area contributed by atoms with Gasteiger partial charge >= 0.3 is 0 Å². The van der Waals surface area contributed by atoms with Crippen molar-refractivity contribution in [3.8, 4) is 28.4 Å². The first-order chi connectivity index (χ1) is 14.6. The van der Waals surface area contributed by atoms with E-state index < -0.39 is 0 Å². The Kier molecular flexibility index (Phi) is 5.74. The average Bonchev–Trinajstić information content (AvgIpc) is 3.24. The first kappa shape index (κ1) is 20.0. The fourth-order valence-corrected chi connectivity index (χ4v) is 3.98. The number of para-hydroxylation sites is 1. The van der Waals surface area contributed by atoms with Crippen LogP contribution in [-0.4, -0.2) is 47.9 Å². The summed E-state index contributed by atoms with van der Waals surface area (Å²) in [5, 5.41) is 4.79. The number of nitrogens with zero attached hydrogens (tertiary/aromatic N) is 3. The molecule has 4 rings (SSSR count). The molecule has 0 bridgehead atoms. The van der Waals surface area contributed by atoms with Crippen molar-refractivity contribution in [1.29, 1.82) is 0 Å². The van der Waals surface area contributed by atoms with Gasteiger partial charge in [0.05, 0.1) is 25.5 Å². The molecule has 1 aliphatic heterocycles. The molecule has 1 atom stereocenters. The first-order valence-corrected chi connectivity index (χ1v) is 10.3. The lowest BCUT2D eigenvalue weighted by Crippen LogP contribution is -2.39. The maximum atomic E-state index is 13.5.